The summed E-state index contributed by atoms with van der Waals surface area (Å²) in [5, 5.41) is 0. The highest BCUT2D eigenvalue weighted by Crippen LogP contribution is 2.37. The summed E-state index contributed by atoms with van der Waals surface area (Å²) in [6, 6.07) is 0. The molecule has 0 fully saturated rings. The minimum Gasteiger partial charge on any atom is -0.469 e. The molecule has 4 nitrogen and oxygen atoms in total. The molecule has 0 bridgehead atoms. The molecule has 0 spiro atoms. The molecule has 15 heavy (non-hydrogen) atoms. The third-order valence-electron chi connectivity index (χ3n) is 3.17. The van der Waals surface area contributed by atoms with E-state index in [1.807, 2.05) is 20.8 Å². The molecule has 1 unspecified atom stereocenters. The normalized spacial score (nSPS) is 15.9. The third-order valence-corrected chi connectivity index (χ3v) is 3.17. The smallest absolute Gasteiger partial charge is 0.306 e. The first-order valence-corrected chi connectivity index (χ1v) is 5.17. The van der Waals surface area contributed by atoms with Gasteiger partial charge >= 0.3 is 5.97 Å². The molecule has 0 aliphatic heterocycles. The first kappa shape index (κ1) is 14.4. The Morgan fingerprint density at radius 1 is 1.33 bits per heavy atom. The summed E-state index contributed by atoms with van der Waals surface area (Å²) in [5.74, 6) is -0.243. The van der Waals surface area contributed by atoms with Crippen molar-refractivity contribution in [1.29, 1.82) is 0 Å². The topological polar surface area (TPSA) is 61.5 Å². The number of hydrogen-bond acceptors (Lipinski definition) is 4. The van der Waals surface area contributed by atoms with Gasteiger partial charge in [-0.25, -0.2) is 0 Å². The van der Waals surface area contributed by atoms with Crippen molar-refractivity contribution in [3.05, 3.63) is 0 Å². The lowest BCUT2D eigenvalue weighted by Gasteiger charge is -2.42. The van der Waals surface area contributed by atoms with Crippen LogP contribution in [0.1, 0.15) is 33.6 Å². The highest BCUT2D eigenvalue weighted by atomic mass is 16.5. The molecule has 0 amide bonds. The molecule has 4 heteroatoms. The zero-order valence-electron chi connectivity index (χ0n) is 10.4. The maximum atomic E-state index is 11.4. The van der Waals surface area contributed by atoms with Crippen molar-refractivity contribution < 1.29 is 14.3 Å². The lowest BCUT2D eigenvalue weighted by molar-refractivity contribution is -0.146. The van der Waals surface area contributed by atoms with E-state index in [1.165, 1.54) is 7.11 Å². The Labute approximate surface area is 92.1 Å². The van der Waals surface area contributed by atoms with Crippen LogP contribution < -0.4 is 5.73 Å². The van der Waals surface area contributed by atoms with Crippen LogP contribution in [0.2, 0.25) is 0 Å². The Kier molecular flexibility index (Phi) is 5.24. The van der Waals surface area contributed by atoms with Gasteiger partial charge in [0.1, 0.15) is 0 Å². The number of rotatable bonds is 6. The summed E-state index contributed by atoms with van der Waals surface area (Å²) in [4.78, 5) is 11.4. The second-order valence-electron chi connectivity index (χ2n) is 4.54. The largest absolute Gasteiger partial charge is 0.469 e. The van der Waals surface area contributed by atoms with Crippen LogP contribution in [0.4, 0.5) is 0 Å². The summed E-state index contributed by atoms with van der Waals surface area (Å²) in [7, 11) is 3.01. The Hall–Kier alpha value is -0.610. The molecule has 0 saturated heterocycles. The Balaban J connectivity index is 4.89. The first-order chi connectivity index (χ1) is 6.83. The predicted octanol–water partition coefficient (Wildman–Crippen LogP) is 1.33. The van der Waals surface area contributed by atoms with Crippen molar-refractivity contribution in [3.8, 4) is 0 Å². The average molecular weight is 217 g/mol. The van der Waals surface area contributed by atoms with Gasteiger partial charge in [0.05, 0.1) is 20.1 Å². The molecule has 0 aromatic carbocycles. The molecular weight excluding hydrogens is 194 g/mol. The molecular formula is C11H23NO3. The summed E-state index contributed by atoms with van der Waals surface area (Å²) < 4.78 is 9.88. The van der Waals surface area contributed by atoms with Crippen LogP contribution in [0.15, 0.2) is 0 Å². The van der Waals surface area contributed by atoms with Gasteiger partial charge in [-0.1, -0.05) is 6.92 Å². The second-order valence-corrected chi connectivity index (χ2v) is 4.54. The molecule has 0 radical (unpaired) electrons. The number of hydrogen-bond donors (Lipinski definition) is 1. The number of methoxy groups -OCH3 is 2. The van der Waals surface area contributed by atoms with E-state index in [0.717, 1.165) is 6.42 Å². The lowest BCUT2D eigenvalue weighted by atomic mass is 9.68. The van der Waals surface area contributed by atoms with Gasteiger partial charge in [0.15, 0.2) is 0 Å². The molecule has 2 N–H and O–H groups in total. The molecule has 0 aromatic heterocycles. The van der Waals surface area contributed by atoms with Crippen LogP contribution in [-0.2, 0) is 14.3 Å². The fraction of sp³-hybridized carbons (Fsp3) is 0.909. The van der Waals surface area contributed by atoms with Crippen LogP contribution in [0.25, 0.3) is 0 Å². The summed E-state index contributed by atoms with van der Waals surface area (Å²) in [6.45, 7) is 6.30. The van der Waals surface area contributed by atoms with E-state index >= 15 is 0 Å². The van der Waals surface area contributed by atoms with Crippen molar-refractivity contribution in [3.63, 3.8) is 0 Å². The highest BCUT2D eigenvalue weighted by molar-refractivity contribution is 5.70. The SMILES string of the molecule is CCC(COC)(CC(=O)OC)C(C)(C)N. The molecule has 0 heterocycles. The first-order valence-electron chi connectivity index (χ1n) is 5.17. The van der Waals surface area contributed by atoms with Crippen molar-refractivity contribution in [1.82, 2.24) is 0 Å². The van der Waals surface area contributed by atoms with Gasteiger partial charge in [0.25, 0.3) is 0 Å². The Morgan fingerprint density at radius 2 is 1.87 bits per heavy atom. The molecule has 0 aliphatic carbocycles. The van der Waals surface area contributed by atoms with Crippen LogP contribution in [0, 0.1) is 5.41 Å². The summed E-state index contributed by atoms with van der Waals surface area (Å²) >= 11 is 0. The fourth-order valence-corrected chi connectivity index (χ4v) is 1.77. The standard InChI is InChI=1S/C11H23NO3/c1-6-11(8-14-4,10(2,3)12)7-9(13)15-5/h6-8,12H2,1-5H3. The molecule has 0 rings (SSSR count). The van der Waals surface area contributed by atoms with E-state index in [2.05, 4.69) is 0 Å². The van der Waals surface area contributed by atoms with E-state index in [1.54, 1.807) is 7.11 Å². The summed E-state index contributed by atoms with van der Waals surface area (Å²) in [5.41, 5.74) is 5.28. The maximum absolute atomic E-state index is 11.4. The molecule has 90 valence electrons. The van der Waals surface area contributed by atoms with Crippen LogP contribution in [0.5, 0.6) is 0 Å². The van der Waals surface area contributed by atoms with Crippen molar-refractivity contribution in [2.45, 2.75) is 39.2 Å². The Morgan fingerprint density at radius 3 is 2.13 bits per heavy atom. The minimum absolute atomic E-state index is 0.243. The third kappa shape index (κ3) is 3.47. The number of carbonyl (C=O) groups excluding carboxylic acids is 1. The number of carbonyl (C=O) groups is 1. The van der Waals surface area contributed by atoms with E-state index < -0.39 is 5.54 Å². The van der Waals surface area contributed by atoms with E-state index in [4.69, 9.17) is 15.2 Å². The lowest BCUT2D eigenvalue weighted by Crippen LogP contribution is -2.54. The van der Waals surface area contributed by atoms with Gasteiger partial charge in [0, 0.05) is 18.1 Å². The number of esters is 1. The number of nitrogens with two attached hydrogens (primary N) is 1. The number of ether oxygens (including phenoxy) is 2. The van der Waals surface area contributed by atoms with Gasteiger partial charge in [-0.2, -0.15) is 0 Å². The Bertz CT molecular complexity index is 210. The molecule has 0 aromatic rings. The molecule has 0 aliphatic rings. The van der Waals surface area contributed by atoms with Gasteiger partial charge in [-0.15, -0.1) is 0 Å². The van der Waals surface area contributed by atoms with Gasteiger partial charge in [0.2, 0.25) is 0 Å². The van der Waals surface area contributed by atoms with Gasteiger partial charge in [-0.3, -0.25) is 4.79 Å². The fourth-order valence-electron chi connectivity index (χ4n) is 1.77. The highest BCUT2D eigenvalue weighted by Gasteiger charge is 2.43. The summed E-state index contributed by atoms with van der Waals surface area (Å²) in [6.07, 6.45) is 1.07. The van der Waals surface area contributed by atoms with Crippen molar-refractivity contribution >= 4 is 5.97 Å². The van der Waals surface area contributed by atoms with Gasteiger partial charge in [-0.05, 0) is 20.3 Å². The van der Waals surface area contributed by atoms with Crippen LogP contribution >= 0.6 is 0 Å². The van der Waals surface area contributed by atoms with E-state index in [-0.39, 0.29) is 17.8 Å². The molecule has 0 saturated carbocycles. The second kappa shape index (κ2) is 5.47. The van der Waals surface area contributed by atoms with Crippen molar-refractivity contribution in [2.24, 2.45) is 11.1 Å². The maximum Gasteiger partial charge on any atom is 0.306 e. The minimum atomic E-state index is -0.480. The average Bonchev–Trinajstić information content (AvgIpc) is 2.15. The van der Waals surface area contributed by atoms with Crippen molar-refractivity contribution in [2.75, 3.05) is 20.8 Å². The predicted molar refractivity (Wildman–Crippen MR) is 59.5 cm³/mol. The van der Waals surface area contributed by atoms with Crippen LogP contribution in [0.3, 0.4) is 0 Å². The zero-order chi connectivity index (χ0) is 12.1. The van der Waals surface area contributed by atoms with E-state index in [9.17, 15) is 4.79 Å². The van der Waals surface area contributed by atoms with E-state index in [0.29, 0.717) is 6.61 Å². The zero-order valence-corrected chi connectivity index (χ0v) is 10.4. The van der Waals surface area contributed by atoms with Gasteiger partial charge < -0.3 is 15.2 Å². The molecule has 1 atom stereocenters. The quantitative estimate of drug-likeness (QED) is 0.682. The monoisotopic (exact) mass is 217 g/mol. The van der Waals surface area contributed by atoms with Crippen LogP contribution in [-0.4, -0.2) is 32.3 Å².